The SMILES string of the molecule is CC.CC.CCCCNC=O.CNC1CCCC1. The van der Waals surface area contributed by atoms with Crippen LogP contribution in [0.4, 0.5) is 0 Å². The van der Waals surface area contributed by atoms with Crippen LogP contribution in [0.2, 0.25) is 0 Å². The Balaban J connectivity index is -0.000000196. The summed E-state index contributed by atoms with van der Waals surface area (Å²) in [6, 6.07) is 0.847. The average molecular weight is 260 g/mol. The molecule has 1 amide bonds. The van der Waals surface area contributed by atoms with Gasteiger partial charge in [0.15, 0.2) is 0 Å². The standard InChI is InChI=1S/C6H13N.C5H11NO.2C2H6/c1-7-6-4-2-3-5-6;1-2-3-4-6-5-7;2*1-2/h6-7H,2-5H2,1H3;5H,2-4H2,1H3,(H,6,7);2*1-2H3. The van der Waals surface area contributed by atoms with Crippen molar-refractivity contribution in [1.29, 1.82) is 0 Å². The first-order valence-corrected chi connectivity index (χ1v) is 7.69. The second-order valence-electron chi connectivity index (χ2n) is 3.70. The number of carbonyl (C=O) groups is 1. The van der Waals surface area contributed by atoms with Gasteiger partial charge in [0, 0.05) is 12.6 Å². The molecule has 0 aromatic heterocycles. The average Bonchev–Trinajstić information content (AvgIpc) is 2.98. The highest BCUT2D eigenvalue weighted by Gasteiger charge is 2.10. The molecular formula is C15H36N2O. The molecule has 3 nitrogen and oxygen atoms in total. The van der Waals surface area contributed by atoms with E-state index in [1.165, 1.54) is 25.7 Å². The minimum Gasteiger partial charge on any atom is -0.359 e. The summed E-state index contributed by atoms with van der Waals surface area (Å²) in [6.07, 6.45) is 8.62. The van der Waals surface area contributed by atoms with Crippen LogP contribution in [-0.4, -0.2) is 26.0 Å². The summed E-state index contributed by atoms with van der Waals surface area (Å²) in [5.74, 6) is 0. The van der Waals surface area contributed by atoms with Gasteiger partial charge in [-0.25, -0.2) is 0 Å². The van der Waals surface area contributed by atoms with Crippen LogP contribution in [0.1, 0.15) is 73.1 Å². The number of amides is 1. The van der Waals surface area contributed by atoms with Crippen molar-refractivity contribution in [3.05, 3.63) is 0 Å². The van der Waals surface area contributed by atoms with Gasteiger partial charge in [0.1, 0.15) is 0 Å². The fourth-order valence-electron chi connectivity index (χ4n) is 1.55. The number of hydrogen-bond donors (Lipinski definition) is 2. The van der Waals surface area contributed by atoms with E-state index in [2.05, 4.69) is 24.6 Å². The third-order valence-electron chi connectivity index (χ3n) is 2.52. The predicted octanol–water partition coefficient (Wildman–Crippen LogP) is 3.73. The molecule has 0 bridgehead atoms. The molecule has 2 N–H and O–H groups in total. The number of rotatable bonds is 5. The summed E-state index contributed by atoms with van der Waals surface area (Å²) >= 11 is 0. The third-order valence-corrected chi connectivity index (χ3v) is 2.52. The molecule has 0 saturated heterocycles. The molecule has 0 unspecified atom stereocenters. The molecule has 112 valence electrons. The zero-order chi connectivity index (χ0) is 14.6. The fraction of sp³-hybridized carbons (Fsp3) is 0.933. The molecule has 18 heavy (non-hydrogen) atoms. The van der Waals surface area contributed by atoms with Crippen LogP contribution in [-0.2, 0) is 4.79 Å². The first-order chi connectivity index (χ1) is 8.85. The highest BCUT2D eigenvalue weighted by molar-refractivity contribution is 5.45. The van der Waals surface area contributed by atoms with Gasteiger partial charge in [-0.2, -0.15) is 0 Å². The van der Waals surface area contributed by atoms with E-state index < -0.39 is 0 Å². The van der Waals surface area contributed by atoms with Crippen LogP contribution < -0.4 is 10.6 Å². The van der Waals surface area contributed by atoms with E-state index in [0.717, 1.165) is 31.8 Å². The van der Waals surface area contributed by atoms with Gasteiger partial charge < -0.3 is 10.6 Å². The van der Waals surface area contributed by atoms with E-state index in [1.54, 1.807) is 0 Å². The molecule has 0 heterocycles. The first-order valence-electron chi connectivity index (χ1n) is 7.69. The lowest BCUT2D eigenvalue weighted by molar-refractivity contribution is -0.109. The van der Waals surface area contributed by atoms with E-state index in [4.69, 9.17) is 0 Å². The van der Waals surface area contributed by atoms with Crippen molar-refractivity contribution in [2.24, 2.45) is 0 Å². The van der Waals surface area contributed by atoms with E-state index in [-0.39, 0.29) is 0 Å². The van der Waals surface area contributed by atoms with Gasteiger partial charge in [0.2, 0.25) is 6.41 Å². The zero-order valence-corrected chi connectivity index (χ0v) is 13.5. The molecule has 1 fully saturated rings. The zero-order valence-electron chi connectivity index (χ0n) is 13.5. The maximum absolute atomic E-state index is 9.57. The highest BCUT2D eigenvalue weighted by Crippen LogP contribution is 2.16. The number of unbranched alkanes of at least 4 members (excludes halogenated alkanes) is 1. The number of hydrogen-bond acceptors (Lipinski definition) is 2. The van der Waals surface area contributed by atoms with Crippen LogP contribution >= 0.6 is 0 Å². The van der Waals surface area contributed by atoms with Crippen LogP contribution in [0.15, 0.2) is 0 Å². The van der Waals surface area contributed by atoms with Crippen molar-refractivity contribution in [2.45, 2.75) is 79.2 Å². The first kappa shape index (κ1) is 22.6. The van der Waals surface area contributed by atoms with Gasteiger partial charge in [-0.15, -0.1) is 0 Å². The van der Waals surface area contributed by atoms with Gasteiger partial charge in [-0.1, -0.05) is 53.9 Å². The van der Waals surface area contributed by atoms with Crippen LogP contribution in [0.3, 0.4) is 0 Å². The summed E-state index contributed by atoms with van der Waals surface area (Å²) in [7, 11) is 2.05. The summed E-state index contributed by atoms with van der Waals surface area (Å²) in [4.78, 5) is 9.57. The molecule has 1 saturated carbocycles. The van der Waals surface area contributed by atoms with E-state index in [9.17, 15) is 4.79 Å². The molecule has 0 radical (unpaired) electrons. The van der Waals surface area contributed by atoms with Gasteiger partial charge in [0.05, 0.1) is 0 Å². The predicted molar refractivity (Wildman–Crippen MR) is 83.0 cm³/mol. The Labute approximate surface area is 115 Å². The summed E-state index contributed by atoms with van der Waals surface area (Å²) < 4.78 is 0. The molecular weight excluding hydrogens is 224 g/mol. The lowest BCUT2D eigenvalue weighted by Crippen LogP contribution is -2.20. The molecule has 1 rings (SSSR count). The van der Waals surface area contributed by atoms with Crippen LogP contribution in [0, 0.1) is 0 Å². The second-order valence-corrected chi connectivity index (χ2v) is 3.70. The summed E-state index contributed by atoms with van der Waals surface area (Å²) in [5.41, 5.74) is 0. The second kappa shape index (κ2) is 25.3. The summed E-state index contributed by atoms with van der Waals surface area (Å²) in [6.45, 7) is 10.9. The van der Waals surface area contributed by atoms with Gasteiger partial charge in [-0.3, -0.25) is 4.79 Å². The molecule has 0 aromatic carbocycles. The van der Waals surface area contributed by atoms with E-state index in [1.807, 2.05) is 27.7 Å². The highest BCUT2D eigenvalue weighted by atomic mass is 16.1. The topological polar surface area (TPSA) is 41.1 Å². The Morgan fingerprint density at radius 3 is 1.89 bits per heavy atom. The maximum atomic E-state index is 9.57. The van der Waals surface area contributed by atoms with Gasteiger partial charge in [0.25, 0.3) is 0 Å². The van der Waals surface area contributed by atoms with E-state index in [0.29, 0.717) is 0 Å². The fourth-order valence-corrected chi connectivity index (χ4v) is 1.55. The molecule has 1 aliphatic rings. The lowest BCUT2D eigenvalue weighted by Gasteiger charge is -2.03. The minimum atomic E-state index is 0.732. The Morgan fingerprint density at radius 2 is 1.61 bits per heavy atom. The largest absolute Gasteiger partial charge is 0.359 e. The maximum Gasteiger partial charge on any atom is 0.207 e. The van der Waals surface area contributed by atoms with Crippen molar-refractivity contribution in [2.75, 3.05) is 13.6 Å². The Kier molecular flexibility index (Phi) is 31.8. The van der Waals surface area contributed by atoms with E-state index >= 15 is 0 Å². The van der Waals surface area contributed by atoms with Crippen LogP contribution in [0.5, 0.6) is 0 Å². The molecule has 0 atom stereocenters. The molecule has 0 aliphatic heterocycles. The molecule has 3 heteroatoms. The normalized spacial score (nSPS) is 13.0. The smallest absolute Gasteiger partial charge is 0.207 e. The summed E-state index contributed by atoms with van der Waals surface area (Å²) in [5, 5.41) is 5.83. The Morgan fingerprint density at radius 1 is 1.11 bits per heavy atom. The Hall–Kier alpha value is -0.570. The van der Waals surface area contributed by atoms with Crippen molar-refractivity contribution < 1.29 is 4.79 Å². The van der Waals surface area contributed by atoms with Gasteiger partial charge in [-0.05, 0) is 26.3 Å². The van der Waals surface area contributed by atoms with Crippen molar-refractivity contribution in [3.63, 3.8) is 0 Å². The van der Waals surface area contributed by atoms with Gasteiger partial charge >= 0.3 is 0 Å². The Bertz CT molecular complexity index is 124. The number of carbonyl (C=O) groups excluding carboxylic acids is 1. The minimum absolute atomic E-state index is 0.732. The van der Waals surface area contributed by atoms with Crippen molar-refractivity contribution in [1.82, 2.24) is 10.6 Å². The molecule has 0 aromatic rings. The molecule has 1 aliphatic carbocycles. The van der Waals surface area contributed by atoms with Crippen molar-refractivity contribution in [3.8, 4) is 0 Å². The van der Waals surface area contributed by atoms with Crippen LogP contribution in [0.25, 0.3) is 0 Å². The lowest BCUT2D eigenvalue weighted by atomic mass is 10.3. The third kappa shape index (κ3) is 20.8. The molecule has 0 spiro atoms. The monoisotopic (exact) mass is 260 g/mol. The quantitative estimate of drug-likeness (QED) is 0.584. The number of nitrogens with one attached hydrogen (secondary N) is 2. The van der Waals surface area contributed by atoms with Crippen molar-refractivity contribution >= 4 is 6.41 Å².